The number of hydrogen-bond acceptors (Lipinski definition) is 2. The van der Waals surface area contributed by atoms with Crippen molar-refractivity contribution < 1.29 is 4.79 Å². The highest BCUT2D eigenvalue weighted by molar-refractivity contribution is 9.10. The molecule has 0 aromatic heterocycles. The first-order valence-corrected chi connectivity index (χ1v) is 7.28. The summed E-state index contributed by atoms with van der Waals surface area (Å²) in [7, 11) is 0. The molecule has 0 bridgehead atoms. The summed E-state index contributed by atoms with van der Waals surface area (Å²) in [4.78, 5) is 13.9. The van der Waals surface area contributed by atoms with Crippen molar-refractivity contribution in [2.45, 2.75) is 35.8 Å². The molecular formula is C10H16BrNOS. The van der Waals surface area contributed by atoms with Gasteiger partial charge in [-0.15, -0.1) is 0 Å². The molecule has 2 aliphatic heterocycles. The zero-order valence-corrected chi connectivity index (χ0v) is 10.6. The Labute approximate surface area is 97.9 Å². The van der Waals surface area contributed by atoms with Crippen LogP contribution in [0.4, 0.5) is 0 Å². The standard InChI is InChI=1S/C10H16BrNOS/c11-9-4-1-5-12(10(9)13)7-8-3-2-6-14-8/h8-9H,1-7H2. The molecule has 14 heavy (non-hydrogen) atoms. The first kappa shape index (κ1) is 10.8. The Morgan fingerprint density at radius 2 is 2.29 bits per heavy atom. The Morgan fingerprint density at radius 3 is 3.00 bits per heavy atom. The van der Waals surface area contributed by atoms with Crippen molar-refractivity contribution in [3.8, 4) is 0 Å². The van der Waals surface area contributed by atoms with Crippen LogP contribution in [0.5, 0.6) is 0 Å². The zero-order valence-electron chi connectivity index (χ0n) is 8.25. The van der Waals surface area contributed by atoms with E-state index in [0.717, 1.165) is 25.9 Å². The molecule has 0 saturated carbocycles. The average molecular weight is 278 g/mol. The third kappa shape index (κ3) is 2.45. The van der Waals surface area contributed by atoms with Crippen LogP contribution in [0.25, 0.3) is 0 Å². The van der Waals surface area contributed by atoms with Crippen molar-refractivity contribution >= 4 is 33.6 Å². The summed E-state index contributed by atoms with van der Waals surface area (Å²) in [6.45, 7) is 1.95. The number of thioether (sulfide) groups is 1. The fourth-order valence-electron chi connectivity index (χ4n) is 2.11. The van der Waals surface area contributed by atoms with E-state index in [4.69, 9.17) is 0 Å². The van der Waals surface area contributed by atoms with Gasteiger partial charge in [0.2, 0.25) is 5.91 Å². The van der Waals surface area contributed by atoms with Crippen molar-refractivity contribution in [3.63, 3.8) is 0 Å². The molecule has 2 unspecified atom stereocenters. The van der Waals surface area contributed by atoms with Crippen molar-refractivity contribution in [1.29, 1.82) is 0 Å². The number of nitrogens with zero attached hydrogens (tertiary/aromatic N) is 1. The lowest BCUT2D eigenvalue weighted by Gasteiger charge is -2.31. The summed E-state index contributed by atoms with van der Waals surface area (Å²) in [5.74, 6) is 1.59. The molecule has 0 N–H and O–H groups in total. The molecule has 2 saturated heterocycles. The van der Waals surface area contributed by atoms with Gasteiger partial charge in [0.05, 0.1) is 4.83 Å². The molecule has 80 valence electrons. The number of hydrogen-bond donors (Lipinski definition) is 0. The minimum absolute atomic E-state index is 0.0858. The second-order valence-electron chi connectivity index (χ2n) is 4.03. The molecular weight excluding hydrogens is 262 g/mol. The van der Waals surface area contributed by atoms with Gasteiger partial charge < -0.3 is 4.90 Å². The summed E-state index contributed by atoms with van der Waals surface area (Å²) in [5.41, 5.74) is 0. The van der Waals surface area contributed by atoms with Crippen molar-refractivity contribution in [2.75, 3.05) is 18.8 Å². The third-order valence-electron chi connectivity index (χ3n) is 2.91. The van der Waals surface area contributed by atoms with Gasteiger partial charge in [-0.1, -0.05) is 15.9 Å². The lowest BCUT2D eigenvalue weighted by molar-refractivity contribution is -0.132. The van der Waals surface area contributed by atoms with Gasteiger partial charge in [0.1, 0.15) is 0 Å². The smallest absolute Gasteiger partial charge is 0.236 e. The predicted octanol–water partition coefficient (Wildman–Crippen LogP) is 2.27. The lowest BCUT2D eigenvalue weighted by Crippen LogP contribution is -2.44. The van der Waals surface area contributed by atoms with E-state index in [-0.39, 0.29) is 4.83 Å². The first-order chi connectivity index (χ1) is 6.77. The molecule has 2 atom stereocenters. The van der Waals surface area contributed by atoms with Crippen molar-refractivity contribution in [1.82, 2.24) is 4.90 Å². The third-order valence-corrected chi connectivity index (χ3v) is 5.14. The molecule has 2 aliphatic rings. The quantitative estimate of drug-likeness (QED) is 0.722. The number of amides is 1. The summed E-state index contributed by atoms with van der Waals surface area (Å²) in [6, 6.07) is 0. The Bertz CT molecular complexity index is 218. The van der Waals surface area contributed by atoms with Gasteiger partial charge in [0, 0.05) is 18.3 Å². The number of rotatable bonds is 2. The molecule has 2 fully saturated rings. The minimum atomic E-state index is 0.0858. The summed E-state index contributed by atoms with van der Waals surface area (Å²) >= 11 is 5.48. The SMILES string of the molecule is O=C1C(Br)CCCN1CC1CCCS1. The van der Waals surface area contributed by atoms with Crippen LogP contribution in [0, 0.1) is 0 Å². The van der Waals surface area contributed by atoms with Gasteiger partial charge in [-0.25, -0.2) is 0 Å². The van der Waals surface area contributed by atoms with Gasteiger partial charge in [-0.3, -0.25) is 4.79 Å². The molecule has 0 radical (unpaired) electrons. The van der Waals surface area contributed by atoms with Crippen LogP contribution >= 0.6 is 27.7 Å². The van der Waals surface area contributed by atoms with E-state index < -0.39 is 0 Å². The van der Waals surface area contributed by atoms with Crippen LogP contribution in [0.1, 0.15) is 25.7 Å². The highest BCUT2D eigenvalue weighted by atomic mass is 79.9. The van der Waals surface area contributed by atoms with E-state index in [1.54, 1.807) is 0 Å². The number of piperidine rings is 1. The summed E-state index contributed by atoms with van der Waals surface area (Å²) in [5, 5.41) is 0.705. The van der Waals surface area contributed by atoms with Crippen molar-refractivity contribution in [2.24, 2.45) is 0 Å². The van der Waals surface area contributed by atoms with Gasteiger partial charge in [-0.05, 0) is 31.4 Å². The normalized spacial score (nSPS) is 33.8. The highest BCUT2D eigenvalue weighted by Gasteiger charge is 2.29. The highest BCUT2D eigenvalue weighted by Crippen LogP contribution is 2.28. The van der Waals surface area contributed by atoms with E-state index in [9.17, 15) is 4.79 Å². The fraction of sp³-hybridized carbons (Fsp3) is 0.900. The van der Waals surface area contributed by atoms with E-state index in [1.807, 2.05) is 16.7 Å². The molecule has 2 heterocycles. The van der Waals surface area contributed by atoms with Crippen LogP contribution in [-0.4, -0.2) is 39.7 Å². The molecule has 0 aromatic carbocycles. The van der Waals surface area contributed by atoms with Gasteiger partial charge in [0.15, 0.2) is 0 Å². The maximum Gasteiger partial charge on any atom is 0.236 e. The van der Waals surface area contributed by atoms with E-state index in [2.05, 4.69) is 15.9 Å². The second-order valence-corrected chi connectivity index (χ2v) is 6.54. The minimum Gasteiger partial charge on any atom is -0.341 e. The van der Waals surface area contributed by atoms with Crippen LogP contribution in [0.15, 0.2) is 0 Å². The van der Waals surface area contributed by atoms with Gasteiger partial charge in [-0.2, -0.15) is 11.8 Å². The topological polar surface area (TPSA) is 20.3 Å². The number of halogens is 1. The summed E-state index contributed by atoms with van der Waals surface area (Å²) in [6.07, 6.45) is 4.78. The maximum absolute atomic E-state index is 11.8. The number of likely N-dealkylation sites (tertiary alicyclic amines) is 1. The Hall–Kier alpha value is 0.300. The van der Waals surface area contributed by atoms with E-state index in [0.29, 0.717) is 11.2 Å². The monoisotopic (exact) mass is 277 g/mol. The first-order valence-electron chi connectivity index (χ1n) is 5.32. The molecule has 0 spiro atoms. The molecule has 0 aromatic rings. The Kier molecular flexibility index (Phi) is 3.77. The Balaban J connectivity index is 1.86. The largest absolute Gasteiger partial charge is 0.341 e. The number of carbonyl (C=O) groups excluding carboxylic acids is 1. The molecule has 0 aliphatic carbocycles. The fourth-order valence-corrected chi connectivity index (χ4v) is 4.01. The molecule has 2 rings (SSSR count). The van der Waals surface area contributed by atoms with Crippen LogP contribution in [0.3, 0.4) is 0 Å². The molecule has 1 amide bonds. The zero-order chi connectivity index (χ0) is 9.97. The second kappa shape index (κ2) is 4.88. The Morgan fingerprint density at radius 1 is 1.43 bits per heavy atom. The molecule has 4 heteroatoms. The average Bonchev–Trinajstić information content (AvgIpc) is 2.66. The number of carbonyl (C=O) groups is 1. The predicted molar refractivity (Wildman–Crippen MR) is 64.0 cm³/mol. The van der Waals surface area contributed by atoms with E-state index in [1.165, 1.54) is 18.6 Å². The van der Waals surface area contributed by atoms with E-state index >= 15 is 0 Å². The lowest BCUT2D eigenvalue weighted by atomic mass is 10.1. The van der Waals surface area contributed by atoms with Gasteiger partial charge in [0.25, 0.3) is 0 Å². The number of alkyl halides is 1. The molecule has 2 nitrogen and oxygen atoms in total. The van der Waals surface area contributed by atoms with Crippen LogP contribution < -0.4 is 0 Å². The maximum atomic E-state index is 11.8. The van der Waals surface area contributed by atoms with Crippen LogP contribution in [-0.2, 0) is 4.79 Å². The van der Waals surface area contributed by atoms with Crippen LogP contribution in [0.2, 0.25) is 0 Å². The summed E-state index contributed by atoms with van der Waals surface area (Å²) < 4.78 is 0. The van der Waals surface area contributed by atoms with Crippen molar-refractivity contribution in [3.05, 3.63) is 0 Å². The van der Waals surface area contributed by atoms with Gasteiger partial charge >= 0.3 is 0 Å².